The van der Waals surface area contributed by atoms with Crippen molar-refractivity contribution < 1.29 is 4.74 Å². The highest BCUT2D eigenvalue weighted by molar-refractivity contribution is 6.30. The van der Waals surface area contributed by atoms with E-state index in [9.17, 15) is 0 Å². The maximum Gasteiger partial charge on any atom is 0.179 e. The molecule has 1 aromatic heterocycles. The Bertz CT molecular complexity index is 1020. The molecule has 0 amide bonds. The summed E-state index contributed by atoms with van der Waals surface area (Å²) in [6.45, 7) is 0.537. The van der Waals surface area contributed by atoms with Crippen molar-refractivity contribution in [3.8, 4) is 17.1 Å². The monoisotopic (exact) mass is 390 g/mol. The van der Waals surface area contributed by atoms with Crippen LogP contribution >= 0.6 is 11.6 Å². The van der Waals surface area contributed by atoms with Crippen molar-refractivity contribution in [2.45, 2.75) is 19.4 Å². The number of halogens is 1. The standard InChI is InChI=1S/C22H19ClN4O/c23-20-12-13-21(28-15-17-4-2-1-3-5-17)19(14-20)11-8-16-6-9-18(10-7-16)22-24-26-27-25-22/h1-7,9-10,12-14H,8,11,15H2,(H,24,25,26,27). The summed E-state index contributed by atoms with van der Waals surface area (Å²) >= 11 is 6.22. The van der Waals surface area contributed by atoms with Crippen LogP contribution < -0.4 is 4.74 Å². The minimum Gasteiger partial charge on any atom is -0.489 e. The quantitative estimate of drug-likeness (QED) is 0.488. The van der Waals surface area contributed by atoms with Crippen LogP contribution in [0.2, 0.25) is 5.02 Å². The zero-order chi connectivity index (χ0) is 19.2. The van der Waals surface area contributed by atoms with Crippen LogP contribution in [0, 0.1) is 0 Å². The van der Waals surface area contributed by atoms with E-state index in [-0.39, 0.29) is 0 Å². The summed E-state index contributed by atoms with van der Waals surface area (Å²) in [7, 11) is 0. The van der Waals surface area contributed by atoms with Gasteiger partial charge in [-0.2, -0.15) is 0 Å². The highest BCUT2D eigenvalue weighted by Crippen LogP contribution is 2.26. The van der Waals surface area contributed by atoms with Gasteiger partial charge < -0.3 is 4.74 Å². The van der Waals surface area contributed by atoms with Crippen LogP contribution in [0.25, 0.3) is 11.4 Å². The molecule has 28 heavy (non-hydrogen) atoms. The molecule has 0 aliphatic carbocycles. The first kappa shape index (κ1) is 18.2. The smallest absolute Gasteiger partial charge is 0.179 e. The van der Waals surface area contributed by atoms with Gasteiger partial charge in [-0.3, -0.25) is 0 Å². The molecule has 0 aliphatic rings. The van der Waals surface area contributed by atoms with Gasteiger partial charge in [0.05, 0.1) is 0 Å². The molecule has 0 unspecified atom stereocenters. The van der Waals surface area contributed by atoms with Crippen molar-refractivity contribution in [1.29, 1.82) is 0 Å². The predicted molar refractivity (Wildman–Crippen MR) is 109 cm³/mol. The van der Waals surface area contributed by atoms with Crippen LogP contribution in [-0.4, -0.2) is 20.6 Å². The van der Waals surface area contributed by atoms with E-state index in [1.807, 2.05) is 48.5 Å². The number of tetrazole rings is 1. The van der Waals surface area contributed by atoms with E-state index < -0.39 is 0 Å². The molecule has 6 heteroatoms. The first-order valence-electron chi connectivity index (χ1n) is 9.06. The average molecular weight is 391 g/mol. The minimum atomic E-state index is 0.537. The zero-order valence-corrected chi connectivity index (χ0v) is 15.9. The van der Waals surface area contributed by atoms with Crippen LogP contribution in [0.1, 0.15) is 16.7 Å². The topological polar surface area (TPSA) is 63.7 Å². The van der Waals surface area contributed by atoms with Gasteiger partial charge in [-0.05, 0) is 58.2 Å². The third-order valence-electron chi connectivity index (χ3n) is 4.52. The van der Waals surface area contributed by atoms with E-state index in [0.717, 1.165) is 40.3 Å². The number of ether oxygens (including phenoxy) is 1. The molecule has 5 nitrogen and oxygen atoms in total. The van der Waals surface area contributed by atoms with Crippen LogP contribution in [0.15, 0.2) is 72.8 Å². The number of hydrogen-bond donors (Lipinski definition) is 1. The Morgan fingerprint density at radius 1 is 0.857 bits per heavy atom. The van der Waals surface area contributed by atoms with E-state index in [4.69, 9.17) is 16.3 Å². The Morgan fingerprint density at radius 2 is 1.68 bits per heavy atom. The van der Waals surface area contributed by atoms with Gasteiger partial charge in [-0.1, -0.05) is 66.2 Å². The van der Waals surface area contributed by atoms with E-state index >= 15 is 0 Å². The van der Waals surface area contributed by atoms with Gasteiger partial charge in [0.15, 0.2) is 5.82 Å². The number of nitrogens with zero attached hydrogens (tertiary/aromatic N) is 3. The molecule has 0 atom stereocenters. The molecule has 1 heterocycles. The fourth-order valence-electron chi connectivity index (χ4n) is 3.01. The van der Waals surface area contributed by atoms with Crippen molar-refractivity contribution in [3.05, 3.63) is 94.5 Å². The Balaban J connectivity index is 1.43. The number of aromatic amines is 1. The molecule has 0 saturated heterocycles. The summed E-state index contributed by atoms with van der Waals surface area (Å²) in [6, 6.07) is 24.1. The summed E-state index contributed by atoms with van der Waals surface area (Å²) in [5, 5.41) is 14.6. The summed E-state index contributed by atoms with van der Waals surface area (Å²) in [5.74, 6) is 1.54. The molecule has 0 aliphatic heterocycles. The van der Waals surface area contributed by atoms with E-state index in [1.165, 1.54) is 5.56 Å². The lowest BCUT2D eigenvalue weighted by Crippen LogP contribution is -2.00. The third kappa shape index (κ3) is 4.56. The van der Waals surface area contributed by atoms with Crippen LogP contribution in [0.3, 0.4) is 0 Å². The van der Waals surface area contributed by atoms with E-state index in [0.29, 0.717) is 12.4 Å². The summed E-state index contributed by atoms with van der Waals surface area (Å²) in [5.41, 5.74) is 4.43. The highest BCUT2D eigenvalue weighted by Gasteiger charge is 2.07. The predicted octanol–water partition coefficient (Wildman–Crippen LogP) is 4.88. The average Bonchev–Trinajstić information content (AvgIpc) is 3.27. The molecular weight excluding hydrogens is 372 g/mol. The lowest BCUT2D eigenvalue weighted by atomic mass is 10.0. The molecule has 0 saturated carbocycles. The summed E-state index contributed by atoms with van der Waals surface area (Å²) < 4.78 is 6.05. The molecule has 1 N–H and O–H groups in total. The third-order valence-corrected chi connectivity index (χ3v) is 4.75. The molecular formula is C22H19ClN4O. The molecule has 0 fully saturated rings. The fourth-order valence-corrected chi connectivity index (χ4v) is 3.20. The number of aryl methyl sites for hydroxylation is 2. The Labute approximate surface area is 168 Å². The maximum atomic E-state index is 6.22. The molecule has 4 rings (SSSR count). The van der Waals surface area contributed by atoms with Gasteiger partial charge >= 0.3 is 0 Å². The normalized spacial score (nSPS) is 10.8. The second-order valence-electron chi connectivity index (χ2n) is 6.47. The molecule has 0 spiro atoms. The lowest BCUT2D eigenvalue weighted by Gasteiger charge is -2.12. The number of hydrogen-bond acceptors (Lipinski definition) is 4. The SMILES string of the molecule is Clc1ccc(OCc2ccccc2)c(CCc2ccc(-c3nnn[nH]3)cc2)c1. The molecule has 0 radical (unpaired) electrons. The van der Waals surface area contributed by atoms with E-state index in [2.05, 4.69) is 44.9 Å². The number of aromatic nitrogens is 4. The van der Waals surface area contributed by atoms with Crippen molar-refractivity contribution >= 4 is 11.6 Å². The van der Waals surface area contributed by atoms with Gasteiger partial charge in [-0.25, -0.2) is 5.10 Å². The van der Waals surface area contributed by atoms with Gasteiger partial charge in [0, 0.05) is 10.6 Å². The van der Waals surface area contributed by atoms with Gasteiger partial charge in [0.2, 0.25) is 0 Å². The summed E-state index contributed by atoms with van der Waals surface area (Å²) in [6.07, 6.45) is 1.73. The number of H-pyrrole nitrogens is 1. The number of benzene rings is 3. The highest BCUT2D eigenvalue weighted by atomic mass is 35.5. The minimum absolute atomic E-state index is 0.537. The van der Waals surface area contributed by atoms with Gasteiger partial charge in [0.1, 0.15) is 12.4 Å². The maximum absolute atomic E-state index is 6.22. The van der Waals surface area contributed by atoms with Crippen molar-refractivity contribution in [2.75, 3.05) is 0 Å². The van der Waals surface area contributed by atoms with Gasteiger partial charge in [-0.15, -0.1) is 5.10 Å². The Hall–Kier alpha value is -3.18. The summed E-state index contributed by atoms with van der Waals surface area (Å²) in [4.78, 5) is 0. The van der Waals surface area contributed by atoms with Crippen molar-refractivity contribution in [3.63, 3.8) is 0 Å². The van der Waals surface area contributed by atoms with Crippen molar-refractivity contribution in [1.82, 2.24) is 20.6 Å². The fraction of sp³-hybridized carbons (Fsp3) is 0.136. The first-order valence-corrected chi connectivity index (χ1v) is 9.44. The van der Waals surface area contributed by atoms with Crippen LogP contribution in [0.5, 0.6) is 5.75 Å². The Morgan fingerprint density at radius 3 is 2.43 bits per heavy atom. The molecule has 4 aromatic rings. The molecule has 140 valence electrons. The second kappa shape index (κ2) is 8.67. The zero-order valence-electron chi connectivity index (χ0n) is 15.2. The molecule has 3 aromatic carbocycles. The van der Waals surface area contributed by atoms with Crippen LogP contribution in [-0.2, 0) is 19.4 Å². The van der Waals surface area contributed by atoms with Crippen LogP contribution in [0.4, 0.5) is 0 Å². The van der Waals surface area contributed by atoms with Gasteiger partial charge in [0.25, 0.3) is 0 Å². The number of rotatable bonds is 7. The largest absolute Gasteiger partial charge is 0.489 e. The first-order chi connectivity index (χ1) is 13.8. The van der Waals surface area contributed by atoms with Crippen molar-refractivity contribution in [2.24, 2.45) is 0 Å². The Kier molecular flexibility index (Phi) is 5.64. The lowest BCUT2D eigenvalue weighted by molar-refractivity contribution is 0.303. The molecule has 0 bridgehead atoms. The second-order valence-corrected chi connectivity index (χ2v) is 6.91. The number of nitrogens with one attached hydrogen (secondary N) is 1. The van der Waals surface area contributed by atoms with E-state index in [1.54, 1.807) is 0 Å².